The van der Waals surface area contributed by atoms with Crippen LogP contribution in [0.25, 0.3) is 0 Å². The molecule has 1 radical (unpaired) electrons. The van der Waals surface area contributed by atoms with E-state index >= 15 is 0 Å². The highest BCUT2D eigenvalue weighted by Gasteiger charge is 2.12. The van der Waals surface area contributed by atoms with Crippen LogP contribution in [0.4, 0.5) is 11.5 Å². The van der Waals surface area contributed by atoms with Gasteiger partial charge in [0.15, 0.2) is 0 Å². The molecule has 0 atom stereocenters. The summed E-state index contributed by atoms with van der Waals surface area (Å²) in [4.78, 5) is 6.37. The molecule has 2 rings (SSSR count). The van der Waals surface area contributed by atoms with Gasteiger partial charge in [-0.15, -0.1) is 0 Å². The van der Waals surface area contributed by atoms with Crippen molar-refractivity contribution in [2.75, 3.05) is 23.7 Å². The van der Waals surface area contributed by atoms with Crippen molar-refractivity contribution < 1.29 is 0 Å². The van der Waals surface area contributed by atoms with Crippen LogP contribution < -0.4 is 10.6 Å². The van der Waals surface area contributed by atoms with Crippen molar-refractivity contribution in [3.05, 3.63) is 24.8 Å². The lowest BCUT2D eigenvalue weighted by atomic mass is 10.1. The van der Waals surface area contributed by atoms with Crippen LogP contribution in [0.1, 0.15) is 12.8 Å². The Balaban J connectivity index is 2.18. The van der Waals surface area contributed by atoms with Crippen LogP contribution in [0, 0.1) is 6.42 Å². The lowest BCUT2D eigenvalue weighted by molar-refractivity contribution is 0.679. The maximum Gasteiger partial charge on any atom is 0.146 e. The fraction of sp³-hybridized carbons (Fsp3) is 0.400. The first-order chi connectivity index (χ1) is 6.38. The number of nitrogen functional groups attached to an aromatic ring is 1. The summed E-state index contributed by atoms with van der Waals surface area (Å²) in [6.45, 7) is 2.13. The minimum Gasteiger partial charge on any atom is -0.382 e. The van der Waals surface area contributed by atoms with Crippen molar-refractivity contribution >= 4 is 11.5 Å². The molecule has 69 valence electrons. The van der Waals surface area contributed by atoms with Gasteiger partial charge in [0.05, 0.1) is 5.69 Å². The Labute approximate surface area is 78.6 Å². The Bertz CT molecular complexity index is 279. The predicted octanol–water partition coefficient (Wildman–Crippen LogP) is 1.47. The molecule has 13 heavy (non-hydrogen) atoms. The molecule has 2 heterocycles. The first kappa shape index (κ1) is 8.35. The molecule has 0 aromatic carbocycles. The monoisotopic (exact) mass is 176 g/mol. The molecule has 0 amide bonds. The molecular formula is C10H14N3. The quantitative estimate of drug-likeness (QED) is 0.704. The maximum absolute atomic E-state index is 5.79. The van der Waals surface area contributed by atoms with Crippen molar-refractivity contribution in [2.24, 2.45) is 0 Å². The number of pyridine rings is 1. The normalized spacial score (nSPS) is 17.4. The average Bonchev–Trinajstić information content (AvgIpc) is 2.20. The molecule has 0 unspecified atom stereocenters. The van der Waals surface area contributed by atoms with Crippen molar-refractivity contribution in [2.45, 2.75) is 12.8 Å². The highest BCUT2D eigenvalue weighted by Crippen LogP contribution is 2.23. The fourth-order valence-electron chi connectivity index (χ4n) is 1.67. The van der Waals surface area contributed by atoms with Crippen LogP contribution in [0.15, 0.2) is 18.3 Å². The van der Waals surface area contributed by atoms with E-state index in [2.05, 4.69) is 16.3 Å². The Morgan fingerprint density at radius 2 is 2.08 bits per heavy atom. The second-order valence-electron chi connectivity index (χ2n) is 3.26. The highest BCUT2D eigenvalue weighted by atomic mass is 15.2. The summed E-state index contributed by atoms with van der Waals surface area (Å²) in [5.41, 5.74) is 6.87. The molecule has 1 aromatic heterocycles. The number of hydrogen-bond donors (Lipinski definition) is 1. The van der Waals surface area contributed by atoms with Crippen molar-refractivity contribution in [1.29, 1.82) is 0 Å². The van der Waals surface area contributed by atoms with Gasteiger partial charge >= 0.3 is 0 Å². The Hall–Kier alpha value is -1.25. The summed E-state index contributed by atoms with van der Waals surface area (Å²) in [5.74, 6) is 0.643. The number of nitrogens with two attached hydrogens (primary N) is 1. The third-order valence-corrected chi connectivity index (χ3v) is 2.36. The van der Waals surface area contributed by atoms with Crippen LogP contribution in [0.3, 0.4) is 0 Å². The summed E-state index contributed by atoms with van der Waals surface area (Å²) in [6.07, 6.45) is 6.35. The van der Waals surface area contributed by atoms with Gasteiger partial charge in [-0.1, -0.05) is 0 Å². The molecule has 3 heteroatoms. The number of aromatic nitrogens is 1. The van der Waals surface area contributed by atoms with Crippen LogP contribution in [-0.4, -0.2) is 18.1 Å². The number of piperidine rings is 1. The first-order valence-electron chi connectivity index (χ1n) is 4.65. The van der Waals surface area contributed by atoms with Gasteiger partial charge in [-0.25, -0.2) is 4.98 Å². The molecule has 1 saturated heterocycles. The van der Waals surface area contributed by atoms with Crippen LogP contribution >= 0.6 is 0 Å². The van der Waals surface area contributed by atoms with Gasteiger partial charge in [0, 0.05) is 19.3 Å². The van der Waals surface area contributed by atoms with E-state index in [1.807, 2.05) is 12.1 Å². The molecule has 0 bridgehead atoms. The van der Waals surface area contributed by atoms with Gasteiger partial charge in [0.2, 0.25) is 0 Å². The zero-order chi connectivity index (χ0) is 9.10. The second-order valence-corrected chi connectivity index (χ2v) is 3.26. The molecular weight excluding hydrogens is 162 g/mol. The minimum absolute atomic E-state index is 0.643. The molecule has 2 N–H and O–H groups in total. The lowest BCUT2D eigenvalue weighted by Gasteiger charge is -2.28. The minimum atomic E-state index is 0.643. The van der Waals surface area contributed by atoms with E-state index in [-0.39, 0.29) is 0 Å². The number of hydrogen-bond acceptors (Lipinski definition) is 3. The molecule has 1 aliphatic heterocycles. The Kier molecular flexibility index (Phi) is 2.34. The van der Waals surface area contributed by atoms with Crippen molar-refractivity contribution in [3.63, 3.8) is 0 Å². The molecule has 3 nitrogen and oxygen atoms in total. The topological polar surface area (TPSA) is 42.1 Å². The molecule has 0 aliphatic carbocycles. The predicted molar refractivity (Wildman–Crippen MR) is 54.4 cm³/mol. The van der Waals surface area contributed by atoms with E-state index in [0.29, 0.717) is 5.82 Å². The molecule has 0 saturated carbocycles. The summed E-state index contributed by atoms with van der Waals surface area (Å²) in [6, 6.07) is 3.97. The number of nitrogens with zero attached hydrogens (tertiary/aromatic N) is 2. The Morgan fingerprint density at radius 3 is 2.77 bits per heavy atom. The summed E-state index contributed by atoms with van der Waals surface area (Å²) in [7, 11) is 0. The second kappa shape index (κ2) is 3.64. The fourth-order valence-corrected chi connectivity index (χ4v) is 1.67. The van der Waals surface area contributed by atoms with Crippen LogP contribution in [0.2, 0.25) is 0 Å². The third-order valence-electron chi connectivity index (χ3n) is 2.36. The average molecular weight is 176 g/mol. The van der Waals surface area contributed by atoms with Crippen LogP contribution in [-0.2, 0) is 0 Å². The van der Waals surface area contributed by atoms with E-state index in [0.717, 1.165) is 31.6 Å². The van der Waals surface area contributed by atoms with E-state index in [1.54, 1.807) is 6.20 Å². The maximum atomic E-state index is 5.79. The van der Waals surface area contributed by atoms with E-state index in [1.165, 1.54) is 0 Å². The van der Waals surface area contributed by atoms with Gasteiger partial charge in [-0.05, 0) is 31.4 Å². The summed E-state index contributed by atoms with van der Waals surface area (Å²) >= 11 is 0. The smallest absolute Gasteiger partial charge is 0.146 e. The van der Waals surface area contributed by atoms with Gasteiger partial charge in [-0.2, -0.15) is 0 Å². The van der Waals surface area contributed by atoms with E-state index in [4.69, 9.17) is 5.73 Å². The van der Waals surface area contributed by atoms with E-state index < -0.39 is 0 Å². The molecule has 1 fully saturated rings. The molecule has 1 aromatic rings. The lowest BCUT2D eigenvalue weighted by Crippen LogP contribution is -2.30. The zero-order valence-electron chi connectivity index (χ0n) is 7.61. The van der Waals surface area contributed by atoms with Crippen molar-refractivity contribution in [1.82, 2.24) is 4.98 Å². The first-order valence-corrected chi connectivity index (χ1v) is 4.65. The number of anilines is 2. The molecule has 0 spiro atoms. The number of rotatable bonds is 1. The highest BCUT2D eigenvalue weighted by molar-refractivity contribution is 5.63. The van der Waals surface area contributed by atoms with Gasteiger partial charge in [0.1, 0.15) is 5.82 Å². The Morgan fingerprint density at radius 1 is 1.31 bits per heavy atom. The third kappa shape index (κ3) is 1.74. The van der Waals surface area contributed by atoms with Crippen molar-refractivity contribution in [3.8, 4) is 0 Å². The largest absolute Gasteiger partial charge is 0.382 e. The van der Waals surface area contributed by atoms with Gasteiger partial charge < -0.3 is 10.6 Å². The standard InChI is InChI=1S/C10H14N3/c11-10-9(5-4-6-12-10)13-7-2-1-3-8-13/h1,4-6H,2-3,7-8H2,(H2,11,12). The zero-order valence-corrected chi connectivity index (χ0v) is 7.61. The van der Waals surface area contributed by atoms with Crippen LogP contribution in [0.5, 0.6) is 0 Å². The summed E-state index contributed by atoms with van der Waals surface area (Å²) < 4.78 is 0. The summed E-state index contributed by atoms with van der Waals surface area (Å²) in [5, 5.41) is 0. The van der Waals surface area contributed by atoms with Gasteiger partial charge in [0.25, 0.3) is 0 Å². The SMILES string of the molecule is Nc1ncccc1N1CC[CH]CC1. The van der Waals surface area contributed by atoms with Gasteiger partial charge in [-0.3, -0.25) is 0 Å². The van der Waals surface area contributed by atoms with E-state index in [9.17, 15) is 0 Å². The molecule has 1 aliphatic rings.